The molecule has 0 aliphatic carbocycles. The van der Waals surface area contributed by atoms with E-state index < -0.39 is 34.6 Å². The van der Waals surface area contributed by atoms with Crippen LogP contribution >= 0.6 is 0 Å². The molecule has 2 rings (SSSR count). The number of hydrogen-bond donors (Lipinski definition) is 1. The van der Waals surface area contributed by atoms with Gasteiger partial charge >= 0.3 is 0 Å². The van der Waals surface area contributed by atoms with Crippen LogP contribution in [0.3, 0.4) is 0 Å². The van der Waals surface area contributed by atoms with E-state index in [1.807, 2.05) is 25.1 Å². The molecule has 0 radical (unpaired) electrons. The Balaban J connectivity index is 2.29. The summed E-state index contributed by atoms with van der Waals surface area (Å²) < 4.78 is 27.6. The summed E-state index contributed by atoms with van der Waals surface area (Å²) >= 11 is 0. The SMILES string of the molecule is CCN(C(=O)C(C)(C)C(=O)Nc1c(F)cccc1F)c1cccc(C)c1. The third-order valence-corrected chi connectivity index (χ3v) is 4.18. The second-order valence-corrected chi connectivity index (χ2v) is 6.56. The minimum absolute atomic E-state index is 0.354. The van der Waals surface area contributed by atoms with Gasteiger partial charge in [0.25, 0.3) is 0 Å². The summed E-state index contributed by atoms with van der Waals surface area (Å²) in [6, 6.07) is 10.6. The summed E-state index contributed by atoms with van der Waals surface area (Å²) in [5.41, 5.74) is -0.439. The number of nitrogens with zero attached hydrogens (tertiary/aromatic N) is 1. The van der Waals surface area contributed by atoms with Gasteiger partial charge in [-0.15, -0.1) is 0 Å². The maximum atomic E-state index is 13.8. The Labute approximate surface area is 151 Å². The predicted octanol–water partition coefficient (Wildman–Crippen LogP) is 4.29. The van der Waals surface area contributed by atoms with Crippen molar-refractivity contribution in [2.45, 2.75) is 27.7 Å². The van der Waals surface area contributed by atoms with Crippen molar-refractivity contribution in [1.82, 2.24) is 0 Å². The molecule has 6 heteroatoms. The van der Waals surface area contributed by atoms with Crippen LogP contribution < -0.4 is 10.2 Å². The van der Waals surface area contributed by atoms with Gasteiger partial charge in [-0.3, -0.25) is 9.59 Å². The summed E-state index contributed by atoms with van der Waals surface area (Å²) in [5, 5.41) is 2.21. The first-order valence-corrected chi connectivity index (χ1v) is 8.32. The molecule has 1 N–H and O–H groups in total. The molecule has 0 aliphatic rings. The summed E-state index contributed by atoms with van der Waals surface area (Å²) in [6.07, 6.45) is 0. The number of hydrogen-bond acceptors (Lipinski definition) is 2. The number of anilines is 2. The third-order valence-electron chi connectivity index (χ3n) is 4.18. The zero-order valence-corrected chi connectivity index (χ0v) is 15.3. The molecule has 0 unspecified atom stereocenters. The molecule has 0 atom stereocenters. The molecule has 0 aromatic heterocycles. The fraction of sp³-hybridized carbons (Fsp3) is 0.300. The molecule has 2 aromatic carbocycles. The molecule has 138 valence electrons. The molecule has 0 heterocycles. The van der Waals surface area contributed by atoms with E-state index in [4.69, 9.17) is 0 Å². The Kier molecular flexibility index (Phi) is 5.75. The zero-order chi connectivity index (χ0) is 19.5. The number of halogens is 2. The molecule has 4 nitrogen and oxygen atoms in total. The highest BCUT2D eigenvalue weighted by molar-refractivity contribution is 6.14. The Bertz CT molecular complexity index is 814. The van der Waals surface area contributed by atoms with Crippen LogP contribution in [0.25, 0.3) is 0 Å². The molecule has 0 spiro atoms. The van der Waals surface area contributed by atoms with Crippen molar-refractivity contribution in [1.29, 1.82) is 0 Å². The molecular formula is C20H22F2N2O2. The number of carbonyl (C=O) groups is 2. The van der Waals surface area contributed by atoms with Crippen molar-refractivity contribution in [3.63, 3.8) is 0 Å². The number of aryl methyl sites for hydroxylation is 1. The van der Waals surface area contributed by atoms with Gasteiger partial charge in [0.05, 0.1) is 0 Å². The summed E-state index contributed by atoms with van der Waals surface area (Å²) in [5.74, 6) is -3.03. The number of carbonyl (C=O) groups excluding carboxylic acids is 2. The maximum absolute atomic E-state index is 13.8. The van der Waals surface area contributed by atoms with E-state index in [9.17, 15) is 18.4 Å². The van der Waals surface area contributed by atoms with Crippen molar-refractivity contribution >= 4 is 23.2 Å². The van der Waals surface area contributed by atoms with Crippen molar-refractivity contribution in [3.8, 4) is 0 Å². The lowest BCUT2D eigenvalue weighted by molar-refractivity contribution is -0.136. The van der Waals surface area contributed by atoms with Gasteiger partial charge in [-0.25, -0.2) is 8.78 Å². The summed E-state index contributed by atoms with van der Waals surface area (Å²) in [6.45, 7) is 6.92. The number of nitrogens with one attached hydrogen (secondary N) is 1. The van der Waals surface area contributed by atoms with Crippen molar-refractivity contribution < 1.29 is 18.4 Å². The smallest absolute Gasteiger partial charge is 0.242 e. The fourth-order valence-corrected chi connectivity index (χ4v) is 2.56. The summed E-state index contributed by atoms with van der Waals surface area (Å²) in [4.78, 5) is 27.1. The largest absolute Gasteiger partial charge is 0.320 e. The van der Waals surface area contributed by atoms with E-state index in [1.54, 1.807) is 13.0 Å². The molecule has 0 bridgehead atoms. The van der Waals surface area contributed by atoms with Gasteiger partial charge in [0.15, 0.2) is 0 Å². The lowest BCUT2D eigenvalue weighted by Gasteiger charge is -2.30. The van der Waals surface area contributed by atoms with E-state index in [2.05, 4.69) is 5.32 Å². The van der Waals surface area contributed by atoms with E-state index in [1.165, 1.54) is 24.8 Å². The molecule has 0 fully saturated rings. The van der Waals surface area contributed by atoms with E-state index in [0.717, 1.165) is 17.7 Å². The quantitative estimate of drug-likeness (QED) is 0.809. The Hall–Kier alpha value is -2.76. The van der Waals surface area contributed by atoms with Gasteiger partial charge in [0.1, 0.15) is 22.7 Å². The molecule has 0 saturated heterocycles. The Morgan fingerprint density at radius 2 is 1.65 bits per heavy atom. The standard InChI is InChI=1S/C20H22F2N2O2/c1-5-24(14-9-6-8-13(2)12-14)19(26)20(3,4)18(25)23-17-15(21)10-7-11-16(17)22/h6-12H,5H2,1-4H3,(H,23,25). The van der Waals surface area contributed by atoms with Gasteiger partial charge in [-0.2, -0.15) is 0 Å². The molecule has 26 heavy (non-hydrogen) atoms. The van der Waals surface area contributed by atoms with Crippen molar-refractivity contribution in [3.05, 3.63) is 59.7 Å². The van der Waals surface area contributed by atoms with Crippen LogP contribution in [0.4, 0.5) is 20.2 Å². The van der Waals surface area contributed by atoms with Crippen LogP contribution in [0.1, 0.15) is 26.3 Å². The van der Waals surface area contributed by atoms with Gasteiger partial charge in [0, 0.05) is 12.2 Å². The first-order chi connectivity index (χ1) is 12.2. The van der Waals surface area contributed by atoms with E-state index in [-0.39, 0.29) is 0 Å². The first kappa shape index (κ1) is 19.6. The highest BCUT2D eigenvalue weighted by Gasteiger charge is 2.40. The molecule has 0 aliphatic heterocycles. The lowest BCUT2D eigenvalue weighted by Crippen LogP contribution is -2.47. The second kappa shape index (κ2) is 7.64. The first-order valence-electron chi connectivity index (χ1n) is 8.32. The number of para-hydroxylation sites is 1. The molecule has 2 amide bonds. The van der Waals surface area contributed by atoms with Crippen LogP contribution in [0, 0.1) is 24.0 Å². The topological polar surface area (TPSA) is 49.4 Å². The van der Waals surface area contributed by atoms with Crippen molar-refractivity contribution in [2.75, 3.05) is 16.8 Å². The molecule has 0 saturated carbocycles. The molecule has 2 aromatic rings. The van der Waals surface area contributed by atoms with Crippen LogP contribution in [0.2, 0.25) is 0 Å². The average Bonchev–Trinajstić information content (AvgIpc) is 2.58. The van der Waals surface area contributed by atoms with Crippen LogP contribution in [-0.2, 0) is 9.59 Å². The van der Waals surface area contributed by atoms with Gasteiger partial charge < -0.3 is 10.2 Å². The minimum Gasteiger partial charge on any atom is -0.320 e. The predicted molar refractivity (Wildman–Crippen MR) is 98.0 cm³/mol. The van der Waals surface area contributed by atoms with Gasteiger partial charge in [-0.05, 0) is 57.5 Å². The number of benzene rings is 2. The average molecular weight is 360 g/mol. The fourth-order valence-electron chi connectivity index (χ4n) is 2.56. The Morgan fingerprint density at radius 1 is 1.08 bits per heavy atom. The van der Waals surface area contributed by atoms with E-state index in [0.29, 0.717) is 12.2 Å². The Morgan fingerprint density at radius 3 is 2.19 bits per heavy atom. The maximum Gasteiger partial charge on any atom is 0.242 e. The second-order valence-electron chi connectivity index (χ2n) is 6.56. The van der Waals surface area contributed by atoms with Crippen LogP contribution in [0.15, 0.2) is 42.5 Å². The number of rotatable bonds is 5. The number of amides is 2. The van der Waals surface area contributed by atoms with Gasteiger partial charge in [-0.1, -0.05) is 18.2 Å². The van der Waals surface area contributed by atoms with Crippen LogP contribution in [-0.4, -0.2) is 18.4 Å². The highest BCUT2D eigenvalue weighted by Crippen LogP contribution is 2.27. The molecular weight excluding hydrogens is 338 g/mol. The van der Waals surface area contributed by atoms with E-state index >= 15 is 0 Å². The van der Waals surface area contributed by atoms with Crippen molar-refractivity contribution in [2.24, 2.45) is 5.41 Å². The zero-order valence-electron chi connectivity index (χ0n) is 15.3. The minimum atomic E-state index is -1.52. The monoisotopic (exact) mass is 360 g/mol. The third kappa shape index (κ3) is 3.90. The highest BCUT2D eigenvalue weighted by atomic mass is 19.1. The van der Waals surface area contributed by atoms with Crippen LogP contribution in [0.5, 0.6) is 0 Å². The summed E-state index contributed by atoms with van der Waals surface area (Å²) in [7, 11) is 0. The normalized spacial score (nSPS) is 11.2. The van der Waals surface area contributed by atoms with Gasteiger partial charge in [0.2, 0.25) is 11.8 Å². The lowest BCUT2D eigenvalue weighted by atomic mass is 9.89.